The molecule has 2 nitrogen and oxygen atoms in total. The summed E-state index contributed by atoms with van der Waals surface area (Å²) in [6.07, 6.45) is 1.74. The van der Waals surface area contributed by atoms with Crippen molar-refractivity contribution in [2.75, 3.05) is 0 Å². The minimum Gasteiger partial charge on any atom is -0.464 e. The van der Waals surface area contributed by atoms with Crippen LogP contribution in [0.15, 0.2) is 29.1 Å². The smallest absolute Gasteiger partial charge is 0.273 e. The number of hydrogen-bond acceptors (Lipinski definition) is 4. The molecule has 2 aromatic rings. The van der Waals surface area contributed by atoms with Crippen molar-refractivity contribution in [1.29, 1.82) is 0 Å². The second kappa shape index (κ2) is 3.69. The first-order valence-corrected chi connectivity index (χ1v) is 5.26. The summed E-state index contributed by atoms with van der Waals surface area (Å²) in [5.74, 6) is 0. The lowest BCUT2D eigenvalue weighted by Gasteiger charge is -1.97. The van der Waals surface area contributed by atoms with Gasteiger partial charge >= 0.3 is 0 Å². The van der Waals surface area contributed by atoms with Gasteiger partial charge in [-0.15, -0.1) is 11.3 Å². The van der Waals surface area contributed by atoms with Gasteiger partial charge in [-0.1, -0.05) is 17.4 Å². The molecular formula is C8H7NOS2. The summed E-state index contributed by atoms with van der Waals surface area (Å²) in [6, 6.07) is 4.07. The first-order chi connectivity index (χ1) is 5.95. The van der Waals surface area contributed by atoms with Crippen molar-refractivity contribution in [1.82, 2.24) is 4.98 Å². The molecule has 0 saturated heterocycles. The van der Waals surface area contributed by atoms with Gasteiger partial charge in [-0.3, -0.25) is 0 Å². The van der Waals surface area contributed by atoms with E-state index in [0.29, 0.717) is 6.61 Å². The molecule has 0 spiro atoms. The summed E-state index contributed by atoms with van der Waals surface area (Å²) in [5, 5.41) is 4.69. The summed E-state index contributed by atoms with van der Waals surface area (Å²) in [5.41, 5.74) is 0. The molecule has 0 atom stereocenters. The Morgan fingerprint density at radius 3 is 3.00 bits per heavy atom. The minimum absolute atomic E-state index is 0.630. The van der Waals surface area contributed by atoms with Crippen LogP contribution in [-0.4, -0.2) is 4.98 Å². The standard InChI is InChI=1S/C8H7NOS2/c1-2-7(11-4-1)6-10-8-9-3-5-12-8/h1-5H,6H2. The van der Waals surface area contributed by atoms with Gasteiger partial charge in [0.2, 0.25) is 0 Å². The molecule has 0 amide bonds. The summed E-state index contributed by atoms with van der Waals surface area (Å²) in [7, 11) is 0. The number of nitrogens with zero attached hydrogens (tertiary/aromatic N) is 1. The summed E-state index contributed by atoms with van der Waals surface area (Å²) in [4.78, 5) is 5.24. The van der Waals surface area contributed by atoms with E-state index in [-0.39, 0.29) is 0 Å². The molecule has 2 rings (SSSR count). The molecule has 0 N–H and O–H groups in total. The molecule has 0 radical (unpaired) electrons. The van der Waals surface area contributed by atoms with E-state index in [0.717, 1.165) is 5.19 Å². The molecule has 0 aromatic carbocycles. The molecule has 0 unspecified atom stereocenters. The van der Waals surface area contributed by atoms with Crippen molar-refractivity contribution in [2.45, 2.75) is 6.61 Å². The topological polar surface area (TPSA) is 22.1 Å². The van der Waals surface area contributed by atoms with E-state index in [4.69, 9.17) is 4.74 Å². The summed E-state index contributed by atoms with van der Waals surface area (Å²) < 4.78 is 5.41. The van der Waals surface area contributed by atoms with Crippen LogP contribution in [0.5, 0.6) is 5.19 Å². The van der Waals surface area contributed by atoms with Crippen molar-refractivity contribution in [2.24, 2.45) is 0 Å². The molecular weight excluding hydrogens is 190 g/mol. The molecule has 62 valence electrons. The van der Waals surface area contributed by atoms with Crippen molar-refractivity contribution in [3.8, 4) is 5.19 Å². The van der Waals surface area contributed by atoms with Crippen LogP contribution in [0.4, 0.5) is 0 Å². The molecule has 12 heavy (non-hydrogen) atoms. The Balaban J connectivity index is 1.91. The first kappa shape index (κ1) is 7.76. The zero-order chi connectivity index (χ0) is 8.23. The lowest BCUT2D eigenvalue weighted by molar-refractivity contribution is 0.308. The SMILES string of the molecule is c1csc(COc2nccs2)c1. The van der Waals surface area contributed by atoms with Gasteiger partial charge in [0, 0.05) is 16.5 Å². The Morgan fingerprint density at radius 2 is 2.33 bits per heavy atom. The van der Waals surface area contributed by atoms with Gasteiger partial charge in [0.25, 0.3) is 5.19 Å². The van der Waals surface area contributed by atoms with Crippen molar-refractivity contribution in [3.05, 3.63) is 34.0 Å². The maximum atomic E-state index is 5.41. The van der Waals surface area contributed by atoms with Gasteiger partial charge in [-0.25, -0.2) is 4.98 Å². The largest absolute Gasteiger partial charge is 0.464 e. The molecule has 0 bridgehead atoms. The zero-order valence-corrected chi connectivity index (χ0v) is 7.90. The third kappa shape index (κ3) is 1.84. The lowest BCUT2D eigenvalue weighted by Crippen LogP contribution is -1.91. The number of rotatable bonds is 3. The third-order valence-corrected chi connectivity index (χ3v) is 2.86. The van der Waals surface area contributed by atoms with Crippen molar-refractivity contribution < 1.29 is 4.74 Å². The Bertz CT molecular complexity index is 280. The number of thiazole rings is 1. The van der Waals surface area contributed by atoms with Gasteiger partial charge in [-0.05, 0) is 11.4 Å². The highest BCUT2D eigenvalue weighted by Crippen LogP contribution is 2.17. The van der Waals surface area contributed by atoms with E-state index >= 15 is 0 Å². The second-order valence-electron chi connectivity index (χ2n) is 2.17. The minimum atomic E-state index is 0.630. The predicted octanol–water partition coefficient (Wildman–Crippen LogP) is 2.78. The predicted molar refractivity (Wildman–Crippen MR) is 50.8 cm³/mol. The summed E-state index contributed by atoms with van der Waals surface area (Å²) in [6.45, 7) is 0.630. The fourth-order valence-corrected chi connectivity index (χ4v) is 1.91. The van der Waals surface area contributed by atoms with Gasteiger partial charge < -0.3 is 4.74 Å². The summed E-state index contributed by atoms with van der Waals surface area (Å²) >= 11 is 3.21. The molecule has 2 aromatic heterocycles. The maximum Gasteiger partial charge on any atom is 0.273 e. The van der Waals surface area contributed by atoms with Crippen LogP contribution in [-0.2, 0) is 6.61 Å². The highest BCUT2D eigenvalue weighted by molar-refractivity contribution is 7.11. The quantitative estimate of drug-likeness (QED) is 0.754. The Morgan fingerprint density at radius 1 is 1.33 bits per heavy atom. The molecule has 0 aliphatic carbocycles. The number of ether oxygens (including phenoxy) is 1. The number of hydrogen-bond donors (Lipinski definition) is 0. The number of aromatic nitrogens is 1. The van der Waals surface area contributed by atoms with Crippen LogP contribution in [0, 0.1) is 0 Å². The van der Waals surface area contributed by atoms with Crippen LogP contribution < -0.4 is 4.74 Å². The van der Waals surface area contributed by atoms with E-state index in [1.807, 2.05) is 16.8 Å². The number of thiophene rings is 1. The maximum absolute atomic E-state index is 5.41. The molecule has 2 heterocycles. The Hall–Kier alpha value is -0.870. The van der Waals surface area contributed by atoms with E-state index < -0.39 is 0 Å². The van der Waals surface area contributed by atoms with Crippen LogP contribution in [0.2, 0.25) is 0 Å². The molecule has 0 aliphatic heterocycles. The molecule has 0 saturated carbocycles. The average molecular weight is 197 g/mol. The van der Waals surface area contributed by atoms with Crippen LogP contribution in [0.3, 0.4) is 0 Å². The van der Waals surface area contributed by atoms with Crippen molar-refractivity contribution >= 4 is 22.7 Å². The second-order valence-corrected chi connectivity index (χ2v) is 4.06. The lowest BCUT2D eigenvalue weighted by atomic mass is 10.5. The van der Waals surface area contributed by atoms with Crippen LogP contribution in [0.1, 0.15) is 4.88 Å². The van der Waals surface area contributed by atoms with E-state index in [2.05, 4.69) is 11.1 Å². The molecule has 0 fully saturated rings. The fourth-order valence-electron chi connectivity index (χ4n) is 0.809. The van der Waals surface area contributed by atoms with Crippen LogP contribution >= 0.6 is 22.7 Å². The van der Waals surface area contributed by atoms with Gasteiger partial charge in [-0.2, -0.15) is 0 Å². The van der Waals surface area contributed by atoms with E-state index in [9.17, 15) is 0 Å². The third-order valence-electron chi connectivity index (χ3n) is 1.33. The van der Waals surface area contributed by atoms with Gasteiger partial charge in [0.05, 0.1) is 0 Å². The normalized spacial score (nSPS) is 10.0. The van der Waals surface area contributed by atoms with Gasteiger partial charge in [0.15, 0.2) is 0 Å². The van der Waals surface area contributed by atoms with Crippen molar-refractivity contribution in [3.63, 3.8) is 0 Å². The Kier molecular flexibility index (Phi) is 2.39. The Labute approximate surface area is 78.5 Å². The highest BCUT2D eigenvalue weighted by Gasteiger charge is 1.97. The zero-order valence-electron chi connectivity index (χ0n) is 6.27. The molecule has 0 aliphatic rings. The molecule has 4 heteroatoms. The van der Waals surface area contributed by atoms with Gasteiger partial charge in [0.1, 0.15) is 6.61 Å². The van der Waals surface area contributed by atoms with E-state index in [1.54, 1.807) is 17.5 Å². The average Bonchev–Trinajstić information content (AvgIpc) is 2.74. The fraction of sp³-hybridized carbons (Fsp3) is 0.125. The monoisotopic (exact) mass is 197 g/mol. The van der Waals surface area contributed by atoms with E-state index in [1.165, 1.54) is 16.2 Å². The van der Waals surface area contributed by atoms with Crippen LogP contribution in [0.25, 0.3) is 0 Å². The first-order valence-electron chi connectivity index (χ1n) is 3.50. The highest BCUT2D eigenvalue weighted by atomic mass is 32.1.